The molecule has 0 aliphatic carbocycles. The molecule has 1 unspecified atom stereocenters. The topological polar surface area (TPSA) is 102 Å². The van der Waals surface area contributed by atoms with E-state index < -0.39 is 11.4 Å². The Morgan fingerprint density at radius 3 is 2.56 bits per heavy atom. The third-order valence-electron chi connectivity index (χ3n) is 2.20. The molecule has 0 aromatic rings. The van der Waals surface area contributed by atoms with Crippen LogP contribution in [0.15, 0.2) is 0 Å². The number of carbonyl (C=O) groups excluding carboxylic acids is 2. The molecule has 0 spiro atoms. The summed E-state index contributed by atoms with van der Waals surface area (Å²) in [7, 11) is 0. The number of carbonyl (C=O) groups is 2. The van der Waals surface area contributed by atoms with E-state index in [2.05, 4.69) is 5.32 Å². The van der Waals surface area contributed by atoms with Gasteiger partial charge in [0, 0.05) is 19.5 Å². The van der Waals surface area contributed by atoms with Crippen LogP contribution in [0.2, 0.25) is 0 Å². The predicted octanol–water partition coefficient (Wildman–Crippen LogP) is -0.987. The van der Waals surface area contributed by atoms with Crippen LogP contribution in [0.1, 0.15) is 20.3 Å². The number of esters is 1. The molecule has 6 nitrogen and oxygen atoms in total. The van der Waals surface area contributed by atoms with E-state index in [0.29, 0.717) is 0 Å². The van der Waals surface area contributed by atoms with E-state index in [9.17, 15) is 9.59 Å². The van der Waals surface area contributed by atoms with Gasteiger partial charge in [-0.25, -0.2) is 0 Å². The van der Waals surface area contributed by atoms with Gasteiger partial charge in [-0.1, -0.05) is 0 Å². The van der Waals surface area contributed by atoms with Crippen molar-refractivity contribution in [2.75, 3.05) is 26.3 Å². The maximum Gasteiger partial charge on any atom is 0.313 e. The molecule has 0 heterocycles. The zero-order valence-corrected chi connectivity index (χ0v) is 9.78. The lowest BCUT2D eigenvalue weighted by atomic mass is 9.86. The number of aliphatic hydroxyl groups is 1. The first kappa shape index (κ1) is 14.9. The van der Waals surface area contributed by atoms with E-state index in [0.717, 1.165) is 0 Å². The van der Waals surface area contributed by atoms with Crippen LogP contribution in [0.3, 0.4) is 0 Å². The average molecular weight is 232 g/mol. The Kier molecular flexibility index (Phi) is 6.67. The van der Waals surface area contributed by atoms with Crippen molar-refractivity contribution in [2.45, 2.75) is 20.3 Å². The van der Waals surface area contributed by atoms with Crippen molar-refractivity contribution in [1.29, 1.82) is 0 Å². The maximum absolute atomic E-state index is 11.6. The highest BCUT2D eigenvalue weighted by atomic mass is 16.5. The highest BCUT2D eigenvalue weighted by Crippen LogP contribution is 2.21. The number of hydrogen-bond acceptors (Lipinski definition) is 5. The summed E-state index contributed by atoms with van der Waals surface area (Å²) in [6.07, 6.45) is -0.0394. The van der Waals surface area contributed by atoms with Gasteiger partial charge in [-0.15, -0.1) is 0 Å². The van der Waals surface area contributed by atoms with Crippen LogP contribution in [0.5, 0.6) is 0 Å². The molecular weight excluding hydrogens is 212 g/mol. The Morgan fingerprint density at radius 1 is 1.50 bits per heavy atom. The second-order valence-electron chi connectivity index (χ2n) is 3.74. The lowest BCUT2D eigenvalue weighted by molar-refractivity contribution is -0.156. The van der Waals surface area contributed by atoms with Gasteiger partial charge in [0.1, 0.15) is 0 Å². The molecule has 94 valence electrons. The quantitative estimate of drug-likeness (QED) is 0.489. The molecule has 0 aromatic carbocycles. The van der Waals surface area contributed by atoms with Crippen LogP contribution in [-0.4, -0.2) is 43.3 Å². The van der Waals surface area contributed by atoms with E-state index in [1.54, 1.807) is 13.8 Å². The van der Waals surface area contributed by atoms with Crippen molar-refractivity contribution in [3.05, 3.63) is 0 Å². The van der Waals surface area contributed by atoms with Gasteiger partial charge in [0.2, 0.25) is 5.91 Å². The van der Waals surface area contributed by atoms with Crippen molar-refractivity contribution in [2.24, 2.45) is 11.1 Å². The average Bonchev–Trinajstić information content (AvgIpc) is 2.26. The zero-order chi connectivity index (χ0) is 12.6. The van der Waals surface area contributed by atoms with E-state index in [4.69, 9.17) is 15.6 Å². The maximum atomic E-state index is 11.6. The summed E-state index contributed by atoms with van der Waals surface area (Å²) in [5.74, 6) is -0.799. The number of amides is 1. The standard InChI is InChI=1S/C10H20N2O4/c1-3-16-9(15)10(2,7-11)6-8(14)12-4-5-13/h13H,3-7,11H2,1-2H3,(H,12,14). The largest absolute Gasteiger partial charge is 0.466 e. The van der Waals surface area contributed by atoms with Gasteiger partial charge in [-0.3, -0.25) is 9.59 Å². The number of rotatable bonds is 7. The molecule has 0 aliphatic rings. The van der Waals surface area contributed by atoms with Crippen LogP contribution < -0.4 is 11.1 Å². The van der Waals surface area contributed by atoms with Gasteiger partial charge in [0.25, 0.3) is 0 Å². The highest BCUT2D eigenvalue weighted by Gasteiger charge is 2.35. The summed E-state index contributed by atoms with van der Waals surface area (Å²) in [6, 6.07) is 0. The summed E-state index contributed by atoms with van der Waals surface area (Å²) >= 11 is 0. The molecule has 0 fully saturated rings. The van der Waals surface area contributed by atoms with Crippen LogP contribution in [-0.2, 0) is 14.3 Å². The van der Waals surface area contributed by atoms with Crippen molar-refractivity contribution < 1.29 is 19.4 Å². The normalized spacial score (nSPS) is 14.0. The first-order chi connectivity index (χ1) is 7.50. The SMILES string of the molecule is CCOC(=O)C(C)(CN)CC(=O)NCCO. The molecular formula is C10H20N2O4. The van der Waals surface area contributed by atoms with E-state index >= 15 is 0 Å². The van der Waals surface area contributed by atoms with Crippen LogP contribution in [0, 0.1) is 5.41 Å². The summed E-state index contributed by atoms with van der Waals surface area (Å²) in [4.78, 5) is 23.0. The second kappa shape index (κ2) is 7.19. The van der Waals surface area contributed by atoms with Crippen LogP contribution in [0.4, 0.5) is 0 Å². The molecule has 0 saturated carbocycles. The molecule has 6 heteroatoms. The van der Waals surface area contributed by atoms with Crippen LogP contribution in [0.25, 0.3) is 0 Å². The third kappa shape index (κ3) is 4.59. The lowest BCUT2D eigenvalue weighted by Gasteiger charge is -2.24. The molecule has 0 radical (unpaired) electrons. The fraction of sp³-hybridized carbons (Fsp3) is 0.800. The van der Waals surface area contributed by atoms with Crippen molar-refractivity contribution in [1.82, 2.24) is 5.32 Å². The van der Waals surface area contributed by atoms with E-state index in [1.807, 2.05) is 0 Å². The molecule has 0 aromatic heterocycles. The van der Waals surface area contributed by atoms with Crippen molar-refractivity contribution >= 4 is 11.9 Å². The van der Waals surface area contributed by atoms with Crippen molar-refractivity contribution in [3.8, 4) is 0 Å². The van der Waals surface area contributed by atoms with Gasteiger partial charge in [0.05, 0.1) is 18.6 Å². The van der Waals surface area contributed by atoms with Gasteiger partial charge >= 0.3 is 5.97 Å². The lowest BCUT2D eigenvalue weighted by Crippen LogP contribution is -2.42. The molecule has 0 bridgehead atoms. The van der Waals surface area contributed by atoms with Gasteiger partial charge < -0.3 is 20.9 Å². The minimum Gasteiger partial charge on any atom is -0.466 e. The Balaban J connectivity index is 4.35. The number of nitrogens with two attached hydrogens (primary N) is 1. The number of nitrogens with one attached hydrogen (secondary N) is 1. The van der Waals surface area contributed by atoms with Crippen molar-refractivity contribution in [3.63, 3.8) is 0 Å². The van der Waals surface area contributed by atoms with Gasteiger partial charge in [-0.2, -0.15) is 0 Å². The Labute approximate surface area is 95.1 Å². The fourth-order valence-corrected chi connectivity index (χ4v) is 1.15. The highest BCUT2D eigenvalue weighted by molar-refractivity contribution is 5.85. The fourth-order valence-electron chi connectivity index (χ4n) is 1.15. The second-order valence-corrected chi connectivity index (χ2v) is 3.74. The molecule has 4 N–H and O–H groups in total. The number of ether oxygens (including phenoxy) is 1. The molecule has 0 saturated heterocycles. The van der Waals surface area contributed by atoms with Gasteiger partial charge in [0.15, 0.2) is 0 Å². The summed E-state index contributed by atoms with van der Waals surface area (Å²) < 4.78 is 4.85. The first-order valence-electron chi connectivity index (χ1n) is 5.25. The first-order valence-corrected chi connectivity index (χ1v) is 5.25. The molecule has 0 rings (SSSR count). The van der Waals surface area contributed by atoms with Crippen LogP contribution >= 0.6 is 0 Å². The summed E-state index contributed by atoms with van der Waals surface area (Å²) in [5, 5.41) is 11.0. The predicted molar refractivity (Wildman–Crippen MR) is 58.5 cm³/mol. The number of aliphatic hydroxyl groups excluding tert-OH is 1. The van der Waals surface area contributed by atoms with E-state index in [-0.39, 0.29) is 38.6 Å². The Hall–Kier alpha value is -1.14. The molecule has 1 amide bonds. The monoisotopic (exact) mass is 232 g/mol. The Morgan fingerprint density at radius 2 is 2.12 bits per heavy atom. The minimum absolute atomic E-state index is 0.0394. The third-order valence-corrected chi connectivity index (χ3v) is 2.20. The zero-order valence-electron chi connectivity index (χ0n) is 9.78. The molecule has 1 atom stereocenters. The van der Waals surface area contributed by atoms with E-state index in [1.165, 1.54) is 0 Å². The molecule has 0 aliphatic heterocycles. The smallest absolute Gasteiger partial charge is 0.313 e. The Bertz CT molecular complexity index is 245. The minimum atomic E-state index is -1.00. The van der Waals surface area contributed by atoms with Gasteiger partial charge in [-0.05, 0) is 13.8 Å². The number of hydrogen-bond donors (Lipinski definition) is 3. The summed E-state index contributed by atoms with van der Waals surface area (Å²) in [5.41, 5.74) is 4.48. The summed E-state index contributed by atoms with van der Waals surface area (Å²) in [6.45, 7) is 3.61. The molecule has 16 heavy (non-hydrogen) atoms.